The predicted octanol–water partition coefficient (Wildman–Crippen LogP) is 3.63. The second kappa shape index (κ2) is 6.52. The summed E-state index contributed by atoms with van der Waals surface area (Å²) in [6.07, 6.45) is 1.73. The van der Waals surface area contributed by atoms with Crippen LogP contribution in [0.3, 0.4) is 0 Å². The molecule has 1 atom stereocenters. The number of rotatable bonds is 6. The number of hydrogen-bond donors (Lipinski definition) is 1. The van der Waals surface area contributed by atoms with Crippen molar-refractivity contribution in [3.63, 3.8) is 0 Å². The predicted molar refractivity (Wildman–Crippen MR) is 75.4 cm³/mol. The van der Waals surface area contributed by atoms with Gasteiger partial charge >= 0.3 is 0 Å². The Labute approximate surface area is 118 Å². The fraction of sp³-hybridized carbons (Fsp3) is 0.467. The van der Waals surface area contributed by atoms with Gasteiger partial charge in [-0.2, -0.15) is 4.98 Å². The van der Waals surface area contributed by atoms with Crippen LogP contribution in [0.4, 0.5) is 0 Å². The van der Waals surface area contributed by atoms with Crippen molar-refractivity contribution in [1.82, 2.24) is 10.1 Å². The third-order valence-electron chi connectivity index (χ3n) is 3.09. The van der Waals surface area contributed by atoms with E-state index in [0.717, 1.165) is 24.0 Å². The van der Waals surface area contributed by atoms with Crippen LogP contribution in [0, 0.1) is 6.92 Å². The van der Waals surface area contributed by atoms with Gasteiger partial charge in [-0.15, -0.1) is 0 Å². The summed E-state index contributed by atoms with van der Waals surface area (Å²) in [5.41, 5.74) is 1.57. The van der Waals surface area contributed by atoms with Crippen LogP contribution >= 0.6 is 0 Å². The van der Waals surface area contributed by atoms with Gasteiger partial charge in [-0.25, -0.2) is 0 Å². The number of phenolic OH excluding ortho intramolecular Hbond substituents is 1. The summed E-state index contributed by atoms with van der Waals surface area (Å²) < 4.78 is 10.9. The van der Waals surface area contributed by atoms with Crippen molar-refractivity contribution in [2.45, 2.75) is 39.7 Å². The Bertz CT molecular complexity index is 560. The lowest BCUT2D eigenvalue weighted by molar-refractivity contribution is 0.0478. The summed E-state index contributed by atoms with van der Waals surface area (Å²) in [5.74, 6) is 1.28. The molecule has 0 amide bonds. The number of aromatic nitrogens is 2. The minimum atomic E-state index is -0.124. The first-order chi connectivity index (χ1) is 9.65. The monoisotopic (exact) mass is 276 g/mol. The number of phenols is 1. The molecule has 2 aromatic rings. The molecule has 0 fully saturated rings. The Morgan fingerprint density at radius 1 is 1.35 bits per heavy atom. The molecular formula is C15H20N2O3. The van der Waals surface area contributed by atoms with E-state index in [2.05, 4.69) is 17.1 Å². The lowest BCUT2D eigenvalue weighted by Gasteiger charge is -2.11. The Balaban J connectivity index is 2.24. The van der Waals surface area contributed by atoms with E-state index in [1.54, 1.807) is 12.1 Å². The quantitative estimate of drug-likeness (QED) is 0.872. The molecular weight excluding hydrogens is 256 g/mol. The zero-order valence-electron chi connectivity index (χ0n) is 12.1. The summed E-state index contributed by atoms with van der Waals surface area (Å²) in [6.45, 7) is 6.49. The van der Waals surface area contributed by atoms with Crippen molar-refractivity contribution >= 4 is 0 Å². The minimum Gasteiger partial charge on any atom is -0.508 e. The Morgan fingerprint density at radius 2 is 2.15 bits per heavy atom. The molecule has 0 aliphatic carbocycles. The SMILES string of the molecule is CCCC(OCC)c1noc(-c2ccc(O)c(C)c2)n1. The maximum Gasteiger partial charge on any atom is 0.258 e. The van der Waals surface area contributed by atoms with Gasteiger partial charge < -0.3 is 14.4 Å². The second-order valence-corrected chi connectivity index (χ2v) is 4.69. The number of benzene rings is 1. The summed E-state index contributed by atoms with van der Waals surface area (Å²) in [7, 11) is 0. The maximum absolute atomic E-state index is 9.54. The zero-order valence-corrected chi connectivity index (χ0v) is 12.1. The van der Waals surface area contributed by atoms with Gasteiger partial charge in [0.15, 0.2) is 0 Å². The van der Waals surface area contributed by atoms with Crippen LogP contribution in [0.1, 0.15) is 44.2 Å². The lowest BCUT2D eigenvalue weighted by atomic mass is 10.1. The average molecular weight is 276 g/mol. The summed E-state index contributed by atoms with van der Waals surface area (Å²) in [5, 5.41) is 13.5. The summed E-state index contributed by atoms with van der Waals surface area (Å²) in [4.78, 5) is 4.40. The molecule has 5 heteroatoms. The average Bonchev–Trinajstić information content (AvgIpc) is 2.91. The Kier molecular flexibility index (Phi) is 4.74. The topological polar surface area (TPSA) is 68.4 Å². The highest BCUT2D eigenvalue weighted by Crippen LogP contribution is 2.26. The van der Waals surface area contributed by atoms with Crippen LogP contribution in [0.2, 0.25) is 0 Å². The smallest absolute Gasteiger partial charge is 0.258 e. The normalized spacial score (nSPS) is 12.6. The van der Waals surface area contributed by atoms with Gasteiger partial charge in [0.2, 0.25) is 5.82 Å². The van der Waals surface area contributed by atoms with Crippen LogP contribution in [-0.2, 0) is 4.74 Å². The minimum absolute atomic E-state index is 0.124. The Morgan fingerprint density at radius 3 is 2.80 bits per heavy atom. The first kappa shape index (κ1) is 14.5. The van der Waals surface area contributed by atoms with Gasteiger partial charge in [0, 0.05) is 12.2 Å². The number of nitrogens with zero attached hydrogens (tertiary/aromatic N) is 2. The van der Waals surface area contributed by atoms with E-state index >= 15 is 0 Å². The van der Waals surface area contributed by atoms with E-state index < -0.39 is 0 Å². The molecule has 20 heavy (non-hydrogen) atoms. The highest BCUT2D eigenvalue weighted by molar-refractivity contribution is 5.56. The van der Waals surface area contributed by atoms with Gasteiger partial charge in [0.05, 0.1) is 0 Å². The van der Waals surface area contributed by atoms with Crippen LogP contribution in [0.15, 0.2) is 22.7 Å². The van der Waals surface area contributed by atoms with E-state index in [1.165, 1.54) is 0 Å². The molecule has 0 aliphatic rings. The van der Waals surface area contributed by atoms with Gasteiger partial charge in [-0.05, 0) is 44.0 Å². The lowest BCUT2D eigenvalue weighted by Crippen LogP contribution is -2.05. The van der Waals surface area contributed by atoms with Gasteiger partial charge in [0.25, 0.3) is 5.89 Å². The molecule has 0 saturated carbocycles. The molecule has 1 heterocycles. The standard InChI is InChI=1S/C15H20N2O3/c1-4-6-13(19-5-2)14-16-15(20-17-14)11-7-8-12(18)10(3)9-11/h7-9,13,18H,4-6H2,1-3H3. The largest absolute Gasteiger partial charge is 0.508 e. The van der Waals surface area contributed by atoms with Crippen molar-refractivity contribution in [3.05, 3.63) is 29.6 Å². The number of aromatic hydroxyl groups is 1. The highest BCUT2D eigenvalue weighted by atomic mass is 16.5. The van der Waals surface area contributed by atoms with E-state index in [-0.39, 0.29) is 11.9 Å². The highest BCUT2D eigenvalue weighted by Gasteiger charge is 2.18. The van der Waals surface area contributed by atoms with Crippen LogP contribution < -0.4 is 0 Å². The molecule has 1 aromatic carbocycles. The molecule has 0 spiro atoms. The van der Waals surface area contributed by atoms with Gasteiger partial charge in [-0.3, -0.25) is 0 Å². The summed E-state index contributed by atoms with van der Waals surface area (Å²) in [6, 6.07) is 5.21. The first-order valence-electron chi connectivity index (χ1n) is 6.90. The van der Waals surface area contributed by atoms with Crippen LogP contribution in [0.25, 0.3) is 11.5 Å². The molecule has 108 valence electrons. The van der Waals surface area contributed by atoms with Crippen LogP contribution in [-0.4, -0.2) is 21.9 Å². The van der Waals surface area contributed by atoms with Crippen LogP contribution in [0.5, 0.6) is 5.75 Å². The van der Waals surface area contributed by atoms with Gasteiger partial charge in [-0.1, -0.05) is 18.5 Å². The van der Waals surface area contributed by atoms with E-state index in [4.69, 9.17) is 9.26 Å². The third-order valence-corrected chi connectivity index (χ3v) is 3.09. The Hall–Kier alpha value is -1.88. The molecule has 1 aromatic heterocycles. The molecule has 0 bridgehead atoms. The van der Waals surface area contributed by atoms with E-state index in [1.807, 2.05) is 19.9 Å². The van der Waals surface area contributed by atoms with Crippen molar-refractivity contribution in [2.24, 2.45) is 0 Å². The summed E-state index contributed by atoms with van der Waals surface area (Å²) >= 11 is 0. The van der Waals surface area contributed by atoms with E-state index in [0.29, 0.717) is 18.3 Å². The molecule has 0 saturated heterocycles. The van der Waals surface area contributed by atoms with Crippen molar-refractivity contribution in [3.8, 4) is 17.2 Å². The van der Waals surface area contributed by atoms with Crippen molar-refractivity contribution < 1.29 is 14.4 Å². The molecule has 5 nitrogen and oxygen atoms in total. The van der Waals surface area contributed by atoms with Crippen molar-refractivity contribution in [2.75, 3.05) is 6.61 Å². The second-order valence-electron chi connectivity index (χ2n) is 4.69. The number of ether oxygens (including phenoxy) is 1. The fourth-order valence-corrected chi connectivity index (χ4v) is 2.02. The third kappa shape index (κ3) is 3.17. The first-order valence-corrected chi connectivity index (χ1v) is 6.90. The van der Waals surface area contributed by atoms with Gasteiger partial charge in [0.1, 0.15) is 11.9 Å². The fourth-order valence-electron chi connectivity index (χ4n) is 2.02. The molecule has 1 N–H and O–H groups in total. The molecule has 2 rings (SSSR count). The molecule has 0 radical (unpaired) electrons. The maximum atomic E-state index is 9.54. The molecule has 1 unspecified atom stereocenters. The number of aryl methyl sites for hydroxylation is 1. The zero-order chi connectivity index (χ0) is 14.5. The molecule has 0 aliphatic heterocycles. The number of hydrogen-bond acceptors (Lipinski definition) is 5. The van der Waals surface area contributed by atoms with E-state index in [9.17, 15) is 5.11 Å². The van der Waals surface area contributed by atoms with Crippen molar-refractivity contribution in [1.29, 1.82) is 0 Å².